The minimum atomic E-state index is 0.681. The quantitative estimate of drug-likeness (QED) is 0.734. The molecular formula is C14H20N2O. The molecule has 0 radical (unpaired) electrons. The number of aromatic nitrogens is 1. The standard InChI is InChI=1S/C14H20N2O/c1-2-17-14-9-12(10-15-11-14)5-3-4-8-16-13-6-7-13/h3,5,9-11,13,16H,2,4,6-8H2,1H3/b5-3+. The highest BCUT2D eigenvalue weighted by molar-refractivity contribution is 5.49. The molecule has 1 aromatic rings. The normalized spacial score (nSPS) is 15.4. The highest BCUT2D eigenvalue weighted by Gasteiger charge is 2.19. The molecule has 1 saturated carbocycles. The number of nitrogens with one attached hydrogen (secondary N) is 1. The van der Waals surface area contributed by atoms with Gasteiger partial charge in [-0.3, -0.25) is 4.98 Å². The van der Waals surface area contributed by atoms with Crippen molar-refractivity contribution in [1.29, 1.82) is 0 Å². The Bertz CT molecular complexity index is 372. The Hall–Kier alpha value is -1.35. The molecule has 1 aliphatic rings. The van der Waals surface area contributed by atoms with Crippen LogP contribution in [0.3, 0.4) is 0 Å². The summed E-state index contributed by atoms with van der Waals surface area (Å²) < 4.78 is 5.40. The number of rotatable bonds is 7. The topological polar surface area (TPSA) is 34.1 Å². The predicted molar refractivity (Wildman–Crippen MR) is 70.1 cm³/mol. The Morgan fingerprint density at radius 1 is 1.47 bits per heavy atom. The maximum Gasteiger partial charge on any atom is 0.138 e. The lowest BCUT2D eigenvalue weighted by Gasteiger charge is -2.02. The second-order valence-electron chi connectivity index (χ2n) is 4.31. The fraction of sp³-hybridized carbons (Fsp3) is 0.500. The molecule has 1 heterocycles. The van der Waals surface area contributed by atoms with Crippen molar-refractivity contribution in [2.75, 3.05) is 13.2 Å². The second kappa shape index (κ2) is 6.40. The van der Waals surface area contributed by atoms with Gasteiger partial charge in [0.05, 0.1) is 12.8 Å². The van der Waals surface area contributed by atoms with Crippen LogP contribution in [-0.2, 0) is 0 Å². The van der Waals surface area contributed by atoms with E-state index in [0.29, 0.717) is 6.61 Å². The number of pyridine rings is 1. The van der Waals surface area contributed by atoms with E-state index in [4.69, 9.17) is 4.74 Å². The molecular weight excluding hydrogens is 212 g/mol. The zero-order valence-electron chi connectivity index (χ0n) is 10.4. The van der Waals surface area contributed by atoms with Gasteiger partial charge in [0.2, 0.25) is 0 Å². The lowest BCUT2D eigenvalue weighted by Crippen LogP contribution is -2.16. The van der Waals surface area contributed by atoms with E-state index < -0.39 is 0 Å². The van der Waals surface area contributed by atoms with E-state index in [0.717, 1.165) is 30.3 Å². The van der Waals surface area contributed by atoms with E-state index in [9.17, 15) is 0 Å². The maximum absolute atomic E-state index is 5.40. The number of nitrogens with zero attached hydrogens (tertiary/aromatic N) is 1. The van der Waals surface area contributed by atoms with Gasteiger partial charge in [-0.05, 0) is 44.4 Å². The molecule has 0 aliphatic heterocycles. The largest absolute Gasteiger partial charge is 0.492 e. The number of ether oxygens (including phenoxy) is 1. The minimum absolute atomic E-state index is 0.681. The molecule has 3 nitrogen and oxygen atoms in total. The molecule has 0 saturated heterocycles. The van der Waals surface area contributed by atoms with Gasteiger partial charge in [-0.25, -0.2) is 0 Å². The van der Waals surface area contributed by atoms with Crippen LogP contribution in [0.5, 0.6) is 5.75 Å². The summed E-state index contributed by atoms with van der Waals surface area (Å²) in [7, 11) is 0. The van der Waals surface area contributed by atoms with E-state index in [2.05, 4.69) is 22.5 Å². The van der Waals surface area contributed by atoms with Crippen LogP contribution in [0, 0.1) is 0 Å². The van der Waals surface area contributed by atoms with Crippen molar-refractivity contribution in [2.24, 2.45) is 0 Å². The van der Waals surface area contributed by atoms with E-state index in [1.807, 2.05) is 19.2 Å². The van der Waals surface area contributed by atoms with Gasteiger partial charge in [-0.1, -0.05) is 12.2 Å². The van der Waals surface area contributed by atoms with Gasteiger partial charge in [0.1, 0.15) is 5.75 Å². The van der Waals surface area contributed by atoms with Gasteiger partial charge in [-0.15, -0.1) is 0 Å². The fourth-order valence-electron chi connectivity index (χ4n) is 1.65. The predicted octanol–water partition coefficient (Wildman–Crippen LogP) is 2.64. The first-order valence-corrected chi connectivity index (χ1v) is 6.36. The molecule has 1 fully saturated rings. The summed E-state index contributed by atoms with van der Waals surface area (Å²) in [5.41, 5.74) is 1.10. The van der Waals surface area contributed by atoms with E-state index in [1.165, 1.54) is 12.8 Å². The summed E-state index contributed by atoms with van der Waals surface area (Å²) >= 11 is 0. The molecule has 1 aliphatic carbocycles. The van der Waals surface area contributed by atoms with Gasteiger partial charge < -0.3 is 10.1 Å². The average molecular weight is 232 g/mol. The Labute approximate surface area is 103 Å². The third kappa shape index (κ3) is 4.57. The Morgan fingerprint density at radius 3 is 3.12 bits per heavy atom. The van der Waals surface area contributed by atoms with Crippen LogP contribution < -0.4 is 10.1 Å². The minimum Gasteiger partial charge on any atom is -0.492 e. The molecule has 1 N–H and O–H groups in total. The molecule has 3 heteroatoms. The SMILES string of the molecule is CCOc1cncc(/C=C/CCNC2CC2)c1. The molecule has 0 atom stereocenters. The van der Waals surface area contributed by atoms with E-state index in [-0.39, 0.29) is 0 Å². The van der Waals surface area contributed by atoms with Crippen molar-refractivity contribution in [3.63, 3.8) is 0 Å². The van der Waals surface area contributed by atoms with Crippen molar-refractivity contribution >= 4 is 6.08 Å². The lowest BCUT2D eigenvalue weighted by molar-refractivity contribution is 0.339. The molecule has 92 valence electrons. The number of hydrogen-bond donors (Lipinski definition) is 1. The van der Waals surface area contributed by atoms with Crippen LogP contribution in [0.25, 0.3) is 6.08 Å². The summed E-state index contributed by atoms with van der Waals surface area (Å²) in [6, 6.07) is 2.81. The lowest BCUT2D eigenvalue weighted by atomic mass is 10.2. The molecule has 0 bridgehead atoms. The monoisotopic (exact) mass is 232 g/mol. The van der Waals surface area contributed by atoms with Crippen molar-refractivity contribution in [1.82, 2.24) is 10.3 Å². The van der Waals surface area contributed by atoms with Crippen molar-refractivity contribution < 1.29 is 4.74 Å². The first-order chi connectivity index (χ1) is 8.38. The van der Waals surface area contributed by atoms with Crippen molar-refractivity contribution in [2.45, 2.75) is 32.2 Å². The van der Waals surface area contributed by atoms with Crippen molar-refractivity contribution in [3.8, 4) is 5.75 Å². The first kappa shape index (κ1) is 12.1. The fourth-order valence-corrected chi connectivity index (χ4v) is 1.65. The van der Waals surface area contributed by atoms with Gasteiger partial charge in [-0.2, -0.15) is 0 Å². The second-order valence-corrected chi connectivity index (χ2v) is 4.31. The Balaban J connectivity index is 1.75. The van der Waals surface area contributed by atoms with Gasteiger partial charge >= 0.3 is 0 Å². The zero-order valence-corrected chi connectivity index (χ0v) is 10.4. The molecule has 0 aromatic carbocycles. The molecule has 0 unspecified atom stereocenters. The van der Waals surface area contributed by atoms with Crippen LogP contribution >= 0.6 is 0 Å². The molecule has 2 rings (SSSR count). The smallest absolute Gasteiger partial charge is 0.138 e. The zero-order chi connectivity index (χ0) is 11.9. The van der Waals surface area contributed by atoms with Gasteiger partial charge in [0.15, 0.2) is 0 Å². The van der Waals surface area contributed by atoms with Crippen LogP contribution in [0.1, 0.15) is 31.7 Å². The third-order valence-electron chi connectivity index (χ3n) is 2.68. The van der Waals surface area contributed by atoms with E-state index >= 15 is 0 Å². The summed E-state index contributed by atoms with van der Waals surface area (Å²) in [4.78, 5) is 4.15. The summed E-state index contributed by atoms with van der Waals surface area (Å²) in [6.07, 6.45) is 11.7. The van der Waals surface area contributed by atoms with Crippen molar-refractivity contribution in [3.05, 3.63) is 30.1 Å². The van der Waals surface area contributed by atoms with E-state index in [1.54, 1.807) is 6.20 Å². The highest BCUT2D eigenvalue weighted by atomic mass is 16.5. The molecule has 0 spiro atoms. The highest BCUT2D eigenvalue weighted by Crippen LogP contribution is 2.18. The van der Waals surface area contributed by atoms with Crippen LogP contribution in [0.4, 0.5) is 0 Å². The third-order valence-corrected chi connectivity index (χ3v) is 2.68. The summed E-state index contributed by atoms with van der Waals surface area (Å²) in [5, 5.41) is 3.48. The Morgan fingerprint density at radius 2 is 2.35 bits per heavy atom. The molecule has 1 aromatic heterocycles. The average Bonchev–Trinajstić information content (AvgIpc) is 3.14. The maximum atomic E-state index is 5.40. The Kier molecular flexibility index (Phi) is 4.56. The number of hydrogen-bond acceptors (Lipinski definition) is 3. The molecule has 0 amide bonds. The first-order valence-electron chi connectivity index (χ1n) is 6.36. The van der Waals surface area contributed by atoms with Crippen LogP contribution in [0.2, 0.25) is 0 Å². The van der Waals surface area contributed by atoms with Crippen LogP contribution in [0.15, 0.2) is 24.5 Å². The van der Waals surface area contributed by atoms with Crippen LogP contribution in [-0.4, -0.2) is 24.2 Å². The van der Waals surface area contributed by atoms with Gasteiger partial charge in [0, 0.05) is 12.2 Å². The van der Waals surface area contributed by atoms with Gasteiger partial charge in [0.25, 0.3) is 0 Å². The molecule has 17 heavy (non-hydrogen) atoms. The summed E-state index contributed by atoms with van der Waals surface area (Å²) in [5.74, 6) is 0.839. The summed E-state index contributed by atoms with van der Waals surface area (Å²) in [6.45, 7) is 3.73.